The molecule has 2 heterocycles. The summed E-state index contributed by atoms with van der Waals surface area (Å²) in [6.45, 7) is 5.98. The van der Waals surface area contributed by atoms with E-state index >= 15 is 0 Å². The van der Waals surface area contributed by atoms with Crippen LogP contribution in [0.25, 0.3) is 10.9 Å². The number of benzene rings is 1. The molecule has 0 radical (unpaired) electrons. The quantitative estimate of drug-likeness (QED) is 0.756. The molecule has 0 spiro atoms. The highest BCUT2D eigenvalue weighted by Gasteiger charge is 2.13. The van der Waals surface area contributed by atoms with E-state index in [9.17, 15) is 0 Å². The van der Waals surface area contributed by atoms with Gasteiger partial charge >= 0.3 is 0 Å². The number of anilines is 1. The maximum absolute atomic E-state index is 5.37. The first-order valence-electron chi connectivity index (χ1n) is 6.88. The van der Waals surface area contributed by atoms with Gasteiger partial charge < -0.3 is 15.0 Å². The normalized spacial score (nSPS) is 16.4. The van der Waals surface area contributed by atoms with Gasteiger partial charge in [0.2, 0.25) is 0 Å². The van der Waals surface area contributed by atoms with Crippen LogP contribution in [0.4, 0.5) is 5.82 Å². The van der Waals surface area contributed by atoms with Gasteiger partial charge in [-0.3, -0.25) is 0 Å². The number of quaternary nitrogens is 1. The zero-order valence-corrected chi connectivity index (χ0v) is 13.4. The predicted molar refractivity (Wildman–Crippen MR) is 87.1 cm³/mol. The molecule has 1 aromatic carbocycles. The van der Waals surface area contributed by atoms with Gasteiger partial charge in [0.15, 0.2) is 0 Å². The van der Waals surface area contributed by atoms with E-state index in [0.717, 1.165) is 56.1 Å². The van der Waals surface area contributed by atoms with E-state index in [-0.39, 0.29) is 0 Å². The van der Waals surface area contributed by atoms with Crippen LogP contribution in [0.15, 0.2) is 24.5 Å². The molecule has 1 saturated heterocycles. The molecule has 2 aromatic rings. The fourth-order valence-corrected chi connectivity index (χ4v) is 2.93. The number of ether oxygens (including phenoxy) is 1. The number of nitrogens with one attached hydrogen (secondary N) is 2. The first-order valence-corrected chi connectivity index (χ1v) is 7.96. The summed E-state index contributed by atoms with van der Waals surface area (Å²) in [4.78, 5) is 10.3. The molecule has 1 aromatic heterocycles. The third kappa shape index (κ3) is 3.36. The van der Waals surface area contributed by atoms with Crippen molar-refractivity contribution in [1.29, 1.82) is 0 Å². The number of hydrogen-bond acceptors (Lipinski definition) is 4. The standard InChI is InChI=1S/C14H17IN4O/c15-11-1-2-13-12(9-11)14(18-10-17-13)16-3-4-19-5-7-20-8-6-19/h1-2,9-10H,3-8H2,(H,16,17,18)/p+1. The Morgan fingerprint density at radius 2 is 2.10 bits per heavy atom. The largest absolute Gasteiger partial charge is 0.370 e. The summed E-state index contributed by atoms with van der Waals surface area (Å²) in [7, 11) is 0. The molecule has 1 fully saturated rings. The Bertz CT molecular complexity index is 586. The van der Waals surface area contributed by atoms with Crippen molar-refractivity contribution in [3.05, 3.63) is 28.1 Å². The lowest BCUT2D eigenvalue weighted by atomic mass is 10.2. The SMILES string of the molecule is Ic1ccc2ncnc(NCC[NH+]3CCOCC3)c2c1. The van der Waals surface area contributed by atoms with Gasteiger partial charge in [-0.05, 0) is 40.8 Å². The molecule has 5 nitrogen and oxygen atoms in total. The Kier molecular flexibility index (Phi) is 4.64. The number of rotatable bonds is 4. The van der Waals surface area contributed by atoms with Crippen molar-refractivity contribution >= 4 is 39.3 Å². The zero-order chi connectivity index (χ0) is 13.8. The van der Waals surface area contributed by atoms with E-state index in [1.165, 1.54) is 3.57 Å². The summed E-state index contributed by atoms with van der Waals surface area (Å²) in [5.41, 5.74) is 0.988. The fourth-order valence-electron chi connectivity index (χ4n) is 2.44. The summed E-state index contributed by atoms with van der Waals surface area (Å²) in [5, 5.41) is 4.54. The van der Waals surface area contributed by atoms with Gasteiger partial charge in [0.1, 0.15) is 25.2 Å². The molecule has 0 saturated carbocycles. The van der Waals surface area contributed by atoms with Gasteiger partial charge in [0, 0.05) is 8.96 Å². The molecule has 3 rings (SSSR count). The monoisotopic (exact) mass is 385 g/mol. The molecule has 2 N–H and O–H groups in total. The molecule has 0 bridgehead atoms. The van der Waals surface area contributed by atoms with Crippen LogP contribution in [0.2, 0.25) is 0 Å². The number of morpholine rings is 1. The lowest BCUT2D eigenvalue weighted by molar-refractivity contribution is -0.906. The second kappa shape index (κ2) is 6.64. The summed E-state index contributed by atoms with van der Waals surface area (Å²) in [6.07, 6.45) is 1.62. The van der Waals surface area contributed by atoms with Crippen molar-refractivity contribution in [2.75, 3.05) is 44.7 Å². The summed E-state index contributed by atoms with van der Waals surface area (Å²) in [6, 6.07) is 6.23. The first kappa shape index (κ1) is 14.0. The molecule has 1 aliphatic heterocycles. The van der Waals surface area contributed by atoms with Crippen LogP contribution in [-0.2, 0) is 4.74 Å². The van der Waals surface area contributed by atoms with Gasteiger partial charge in [-0.15, -0.1) is 0 Å². The summed E-state index contributed by atoms with van der Waals surface area (Å²) >= 11 is 2.32. The van der Waals surface area contributed by atoms with Crippen LogP contribution in [-0.4, -0.2) is 49.4 Å². The van der Waals surface area contributed by atoms with Crippen LogP contribution < -0.4 is 10.2 Å². The van der Waals surface area contributed by atoms with Gasteiger partial charge in [0.25, 0.3) is 0 Å². The Hall–Kier alpha value is -0.990. The van der Waals surface area contributed by atoms with Crippen molar-refractivity contribution in [3.8, 4) is 0 Å². The second-order valence-electron chi connectivity index (χ2n) is 4.92. The first-order chi connectivity index (χ1) is 9.83. The Labute approximate surface area is 131 Å². The fraction of sp³-hybridized carbons (Fsp3) is 0.429. The summed E-state index contributed by atoms with van der Waals surface area (Å²) in [5.74, 6) is 0.932. The molecular weight excluding hydrogens is 367 g/mol. The number of halogens is 1. The van der Waals surface area contributed by atoms with Crippen LogP contribution in [0.5, 0.6) is 0 Å². The van der Waals surface area contributed by atoms with Crippen molar-refractivity contribution < 1.29 is 9.64 Å². The molecule has 0 amide bonds. The van der Waals surface area contributed by atoms with E-state index in [2.05, 4.69) is 50.0 Å². The Morgan fingerprint density at radius 1 is 1.25 bits per heavy atom. The molecule has 20 heavy (non-hydrogen) atoms. The van der Waals surface area contributed by atoms with Crippen molar-refractivity contribution in [2.45, 2.75) is 0 Å². The van der Waals surface area contributed by atoms with E-state index < -0.39 is 0 Å². The maximum atomic E-state index is 5.37. The number of hydrogen-bond donors (Lipinski definition) is 2. The number of nitrogens with zero attached hydrogens (tertiary/aromatic N) is 2. The molecule has 0 atom stereocenters. The molecule has 0 aliphatic carbocycles. The molecule has 106 valence electrons. The van der Waals surface area contributed by atoms with E-state index in [0.29, 0.717) is 0 Å². The zero-order valence-electron chi connectivity index (χ0n) is 11.2. The average molecular weight is 385 g/mol. The second-order valence-corrected chi connectivity index (χ2v) is 6.17. The highest BCUT2D eigenvalue weighted by molar-refractivity contribution is 14.1. The van der Waals surface area contributed by atoms with Crippen molar-refractivity contribution in [1.82, 2.24) is 9.97 Å². The Morgan fingerprint density at radius 3 is 2.95 bits per heavy atom. The third-order valence-corrected chi connectivity index (χ3v) is 4.24. The average Bonchev–Trinajstić information content (AvgIpc) is 2.49. The smallest absolute Gasteiger partial charge is 0.137 e. The Balaban J connectivity index is 1.66. The minimum Gasteiger partial charge on any atom is -0.370 e. The van der Waals surface area contributed by atoms with Crippen LogP contribution in [0, 0.1) is 3.57 Å². The van der Waals surface area contributed by atoms with E-state index in [1.807, 2.05) is 6.07 Å². The summed E-state index contributed by atoms with van der Waals surface area (Å²) < 4.78 is 6.57. The van der Waals surface area contributed by atoms with Gasteiger partial charge in [0.05, 0.1) is 31.8 Å². The number of aromatic nitrogens is 2. The van der Waals surface area contributed by atoms with Crippen LogP contribution in [0.1, 0.15) is 0 Å². The third-order valence-electron chi connectivity index (χ3n) is 3.57. The van der Waals surface area contributed by atoms with Crippen molar-refractivity contribution in [2.24, 2.45) is 0 Å². The molecule has 6 heteroatoms. The van der Waals surface area contributed by atoms with E-state index in [1.54, 1.807) is 11.2 Å². The van der Waals surface area contributed by atoms with Gasteiger partial charge in [-0.2, -0.15) is 0 Å². The molecule has 0 unspecified atom stereocenters. The highest BCUT2D eigenvalue weighted by atomic mass is 127. The van der Waals surface area contributed by atoms with E-state index in [4.69, 9.17) is 4.74 Å². The van der Waals surface area contributed by atoms with Crippen LogP contribution in [0.3, 0.4) is 0 Å². The van der Waals surface area contributed by atoms with Crippen molar-refractivity contribution in [3.63, 3.8) is 0 Å². The topological polar surface area (TPSA) is 51.5 Å². The lowest BCUT2D eigenvalue weighted by Gasteiger charge is -2.23. The molecule has 1 aliphatic rings. The van der Waals surface area contributed by atoms with Gasteiger partial charge in [-0.25, -0.2) is 9.97 Å². The minimum absolute atomic E-state index is 0.879. The lowest BCUT2D eigenvalue weighted by Crippen LogP contribution is -3.14. The predicted octanol–water partition coefficient (Wildman–Crippen LogP) is 0.561. The maximum Gasteiger partial charge on any atom is 0.137 e. The molecular formula is C14H18IN4O+. The van der Waals surface area contributed by atoms with Crippen LogP contribution >= 0.6 is 22.6 Å². The number of fused-ring (bicyclic) bond motifs is 1. The highest BCUT2D eigenvalue weighted by Crippen LogP contribution is 2.21. The minimum atomic E-state index is 0.879. The van der Waals surface area contributed by atoms with Gasteiger partial charge in [-0.1, -0.05) is 0 Å².